The second-order valence-corrected chi connectivity index (χ2v) is 5.79. The minimum Gasteiger partial charge on any atom is -0.423 e. The van der Waals surface area contributed by atoms with Crippen LogP contribution in [0, 0.1) is 20.2 Å². The Morgan fingerprint density at radius 1 is 0.793 bits per heavy atom. The van der Waals surface area contributed by atoms with Gasteiger partial charge in [-0.2, -0.15) is 0 Å². The lowest BCUT2D eigenvalue weighted by Crippen LogP contribution is -2.08. The molecule has 0 heterocycles. The summed E-state index contributed by atoms with van der Waals surface area (Å²) in [5, 5.41) is 21.3. The molecular weight excluding hydrogens is 378 g/mol. The highest BCUT2D eigenvalue weighted by molar-refractivity contribution is 5.91. The van der Waals surface area contributed by atoms with E-state index in [0.717, 1.165) is 5.56 Å². The fourth-order valence-corrected chi connectivity index (χ4v) is 2.32. The molecule has 3 aromatic rings. The van der Waals surface area contributed by atoms with E-state index in [1.807, 2.05) is 0 Å². The highest BCUT2D eigenvalue weighted by Crippen LogP contribution is 2.19. The van der Waals surface area contributed by atoms with Gasteiger partial charge in [0.15, 0.2) is 0 Å². The van der Waals surface area contributed by atoms with Gasteiger partial charge in [0.2, 0.25) is 0 Å². The van der Waals surface area contributed by atoms with Crippen LogP contribution in [-0.4, -0.2) is 22.0 Å². The predicted molar refractivity (Wildman–Crippen MR) is 105 cm³/mol. The molecule has 0 saturated carbocycles. The van der Waals surface area contributed by atoms with Gasteiger partial charge in [0.05, 0.1) is 21.1 Å². The lowest BCUT2D eigenvalue weighted by Gasteiger charge is -2.04. The standard InChI is InChI=1S/C20H13N3O6/c24-20(15-3-7-17(8-4-15)22(25)26)29-19-11-1-14(2-12-19)13-21-16-5-9-18(10-6-16)23(27)28/h1-13H. The maximum absolute atomic E-state index is 12.1. The molecule has 0 aromatic heterocycles. The van der Waals surface area contributed by atoms with Gasteiger partial charge in [0, 0.05) is 30.5 Å². The first kappa shape index (κ1) is 19.4. The average Bonchev–Trinajstić information content (AvgIpc) is 2.73. The molecule has 9 heteroatoms. The number of non-ortho nitro benzene ring substituents is 2. The van der Waals surface area contributed by atoms with Crippen molar-refractivity contribution >= 4 is 29.2 Å². The van der Waals surface area contributed by atoms with Gasteiger partial charge >= 0.3 is 5.97 Å². The van der Waals surface area contributed by atoms with E-state index < -0.39 is 15.8 Å². The Bertz CT molecular complexity index is 1070. The van der Waals surface area contributed by atoms with Crippen LogP contribution in [-0.2, 0) is 0 Å². The van der Waals surface area contributed by atoms with E-state index in [-0.39, 0.29) is 16.9 Å². The van der Waals surface area contributed by atoms with Crippen molar-refractivity contribution in [1.82, 2.24) is 0 Å². The zero-order chi connectivity index (χ0) is 20.8. The fraction of sp³-hybridized carbons (Fsp3) is 0. The summed E-state index contributed by atoms with van der Waals surface area (Å²) in [6, 6.07) is 17.5. The molecule has 0 radical (unpaired) electrons. The molecule has 3 aromatic carbocycles. The van der Waals surface area contributed by atoms with Crippen molar-refractivity contribution in [3.05, 3.63) is 104 Å². The number of hydrogen-bond donors (Lipinski definition) is 0. The van der Waals surface area contributed by atoms with E-state index in [1.54, 1.807) is 30.5 Å². The molecule has 0 fully saturated rings. The monoisotopic (exact) mass is 391 g/mol. The minimum absolute atomic E-state index is 0.0110. The van der Waals surface area contributed by atoms with E-state index in [2.05, 4.69) is 4.99 Å². The zero-order valence-electron chi connectivity index (χ0n) is 14.8. The third kappa shape index (κ3) is 5.07. The van der Waals surface area contributed by atoms with Crippen molar-refractivity contribution in [2.75, 3.05) is 0 Å². The Labute approximate surface area is 164 Å². The van der Waals surface area contributed by atoms with E-state index in [1.165, 1.54) is 48.5 Å². The Balaban J connectivity index is 1.62. The van der Waals surface area contributed by atoms with Crippen molar-refractivity contribution in [1.29, 1.82) is 0 Å². The minimum atomic E-state index is -0.632. The van der Waals surface area contributed by atoms with Crippen molar-refractivity contribution in [3.63, 3.8) is 0 Å². The molecule has 0 saturated heterocycles. The van der Waals surface area contributed by atoms with Crippen molar-refractivity contribution in [3.8, 4) is 5.75 Å². The summed E-state index contributed by atoms with van der Waals surface area (Å²) in [6.07, 6.45) is 1.57. The molecule has 0 atom stereocenters. The lowest BCUT2D eigenvalue weighted by atomic mass is 10.2. The Hall–Kier alpha value is -4.40. The fourth-order valence-electron chi connectivity index (χ4n) is 2.32. The highest BCUT2D eigenvalue weighted by atomic mass is 16.6. The molecule has 0 unspecified atom stereocenters. The van der Waals surface area contributed by atoms with Crippen LogP contribution >= 0.6 is 0 Å². The molecule has 144 valence electrons. The zero-order valence-corrected chi connectivity index (χ0v) is 14.8. The van der Waals surface area contributed by atoms with Crippen LogP contribution in [0.5, 0.6) is 5.75 Å². The number of benzene rings is 3. The van der Waals surface area contributed by atoms with E-state index in [9.17, 15) is 25.0 Å². The maximum Gasteiger partial charge on any atom is 0.343 e. The highest BCUT2D eigenvalue weighted by Gasteiger charge is 2.11. The molecule has 0 aliphatic carbocycles. The van der Waals surface area contributed by atoms with E-state index in [0.29, 0.717) is 11.4 Å². The number of ether oxygens (including phenoxy) is 1. The molecule has 0 bridgehead atoms. The number of carbonyl (C=O) groups excluding carboxylic acids is 1. The molecule has 0 amide bonds. The largest absolute Gasteiger partial charge is 0.423 e. The van der Waals surface area contributed by atoms with Gasteiger partial charge in [0.1, 0.15) is 5.75 Å². The third-order valence-corrected chi connectivity index (χ3v) is 3.83. The molecule has 0 spiro atoms. The first-order valence-corrected chi connectivity index (χ1v) is 8.27. The van der Waals surface area contributed by atoms with Crippen LogP contribution in [0.1, 0.15) is 15.9 Å². The maximum atomic E-state index is 12.1. The summed E-state index contributed by atoms with van der Waals surface area (Å²) in [4.78, 5) is 36.6. The van der Waals surface area contributed by atoms with Gasteiger partial charge in [0.25, 0.3) is 11.4 Å². The third-order valence-electron chi connectivity index (χ3n) is 3.83. The summed E-state index contributed by atoms with van der Waals surface area (Å²) in [7, 11) is 0. The molecule has 29 heavy (non-hydrogen) atoms. The van der Waals surface area contributed by atoms with Crippen molar-refractivity contribution in [2.24, 2.45) is 4.99 Å². The molecule has 9 nitrogen and oxygen atoms in total. The van der Waals surface area contributed by atoms with Crippen LogP contribution in [0.4, 0.5) is 17.1 Å². The van der Waals surface area contributed by atoms with Gasteiger partial charge in [-0.25, -0.2) is 4.79 Å². The van der Waals surface area contributed by atoms with Gasteiger partial charge in [-0.3, -0.25) is 25.2 Å². The van der Waals surface area contributed by atoms with Crippen molar-refractivity contribution < 1.29 is 19.4 Å². The number of carbonyl (C=O) groups is 1. The van der Waals surface area contributed by atoms with Crippen LogP contribution in [0.15, 0.2) is 77.8 Å². The summed E-state index contributed by atoms with van der Waals surface area (Å²) >= 11 is 0. The smallest absolute Gasteiger partial charge is 0.343 e. The SMILES string of the molecule is O=C(Oc1ccc(C=Nc2ccc([N+](=O)[O-])cc2)cc1)c1ccc([N+](=O)[O-])cc1. The Kier molecular flexibility index (Phi) is 5.69. The summed E-state index contributed by atoms with van der Waals surface area (Å²) < 4.78 is 5.24. The number of hydrogen-bond acceptors (Lipinski definition) is 7. The van der Waals surface area contributed by atoms with Gasteiger partial charge in [-0.1, -0.05) is 0 Å². The first-order valence-electron chi connectivity index (χ1n) is 8.27. The number of rotatable bonds is 6. The summed E-state index contributed by atoms with van der Waals surface area (Å²) in [5.41, 5.74) is 1.36. The summed E-state index contributed by atoms with van der Waals surface area (Å²) in [6.45, 7) is 0. The normalized spacial score (nSPS) is 10.6. The topological polar surface area (TPSA) is 125 Å². The number of aliphatic imine (C=N–C) groups is 1. The van der Waals surface area contributed by atoms with Crippen LogP contribution < -0.4 is 4.74 Å². The van der Waals surface area contributed by atoms with Crippen LogP contribution in [0.3, 0.4) is 0 Å². The Morgan fingerprint density at radius 2 is 1.31 bits per heavy atom. The van der Waals surface area contributed by atoms with Gasteiger partial charge in [-0.05, 0) is 54.1 Å². The predicted octanol–water partition coefficient (Wildman–Crippen LogP) is 4.47. The molecule has 0 aliphatic heterocycles. The molecule has 0 N–H and O–H groups in total. The van der Waals surface area contributed by atoms with Crippen LogP contribution in [0.2, 0.25) is 0 Å². The second kappa shape index (κ2) is 8.53. The summed E-state index contributed by atoms with van der Waals surface area (Å²) in [5.74, 6) is -0.326. The molecular formula is C20H13N3O6. The Morgan fingerprint density at radius 3 is 1.83 bits per heavy atom. The van der Waals surface area contributed by atoms with E-state index >= 15 is 0 Å². The molecule has 3 rings (SSSR count). The number of nitrogens with zero attached hydrogens (tertiary/aromatic N) is 3. The lowest BCUT2D eigenvalue weighted by molar-refractivity contribution is -0.385. The second-order valence-electron chi connectivity index (χ2n) is 5.79. The quantitative estimate of drug-likeness (QED) is 0.201. The number of nitro benzene ring substituents is 2. The van der Waals surface area contributed by atoms with E-state index in [4.69, 9.17) is 4.74 Å². The average molecular weight is 391 g/mol. The van der Waals surface area contributed by atoms with Gasteiger partial charge < -0.3 is 4.74 Å². The van der Waals surface area contributed by atoms with Crippen molar-refractivity contribution in [2.45, 2.75) is 0 Å². The number of esters is 1. The van der Waals surface area contributed by atoms with Gasteiger partial charge in [-0.15, -0.1) is 0 Å². The number of nitro groups is 2. The first-order chi connectivity index (χ1) is 13.9. The van der Waals surface area contributed by atoms with Crippen LogP contribution in [0.25, 0.3) is 0 Å². The molecule has 0 aliphatic rings.